The molecule has 0 spiro atoms. The number of nitrogens with zero attached hydrogens (tertiary/aromatic N) is 4. The predicted molar refractivity (Wildman–Crippen MR) is 71.9 cm³/mol. The highest BCUT2D eigenvalue weighted by atomic mass is 16.5. The number of hydrogen-bond acceptors (Lipinski definition) is 5. The molecule has 98 valence electrons. The summed E-state index contributed by atoms with van der Waals surface area (Å²) < 4.78 is 5.37. The molecule has 1 fully saturated rings. The standard InChI is InChI=1S/C15H12N4O/c1-2-7-17-13(5-1)14-18-15(20-19-14)12-8-11(12)10-4-3-6-16-9-10/h1-7,9,11-12H,8H2. The fraction of sp³-hybridized carbons (Fsp3) is 0.200. The van der Waals surface area contributed by atoms with Crippen LogP contribution in [0.25, 0.3) is 11.5 Å². The maximum Gasteiger partial charge on any atom is 0.230 e. The molecule has 1 saturated carbocycles. The van der Waals surface area contributed by atoms with Crippen LogP contribution in [0.2, 0.25) is 0 Å². The van der Waals surface area contributed by atoms with Crippen molar-refractivity contribution in [3.05, 3.63) is 60.4 Å². The summed E-state index contributed by atoms with van der Waals surface area (Å²) in [4.78, 5) is 12.8. The summed E-state index contributed by atoms with van der Waals surface area (Å²) in [5, 5.41) is 4.01. The zero-order valence-electron chi connectivity index (χ0n) is 10.7. The Balaban J connectivity index is 1.56. The van der Waals surface area contributed by atoms with E-state index in [0.717, 1.165) is 12.1 Å². The summed E-state index contributed by atoms with van der Waals surface area (Å²) >= 11 is 0. The Morgan fingerprint density at radius 2 is 2.05 bits per heavy atom. The van der Waals surface area contributed by atoms with E-state index in [-0.39, 0.29) is 0 Å². The maximum atomic E-state index is 5.37. The van der Waals surface area contributed by atoms with Crippen LogP contribution in [0, 0.1) is 0 Å². The third-order valence-electron chi connectivity index (χ3n) is 3.56. The number of rotatable bonds is 3. The van der Waals surface area contributed by atoms with Gasteiger partial charge < -0.3 is 4.52 Å². The van der Waals surface area contributed by atoms with Crippen LogP contribution in [0.4, 0.5) is 0 Å². The second-order valence-electron chi connectivity index (χ2n) is 4.91. The topological polar surface area (TPSA) is 64.7 Å². The molecule has 1 aliphatic rings. The van der Waals surface area contributed by atoms with Gasteiger partial charge in [-0.05, 0) is 36.1 Å². The molecule has 3 aromatic heterocycles. The molecule has 5 nitrogen and oxygen atoms in total. The smallest absolute Gasteiger partial charge is 0.230 e. The first-order valence-corrected chi connectivity index (χ1v) is 6.57. The van der Waals surface area contributed by atoms with E-state index >= 15 is 0 Å². The lowest BCUT2D eigenvalue weighted by atomic mass is 10.1. The van der Waals surface area contributed by atoms with Crippen LogP contribution in [0.3, 0.4) is 0 Å². The van der Waals surface area contributed by atoms with Crippen LogP contribution in [0.5, 0.6) is 0 Å². The van der Waals surface area contributed by atoms with Crippen molar-refractivity contribution in [1.29, 1.82) is 0 Å². The van der Waals surface area contributed by atoms with Crippen molar-refractivity contribution < 1.29 is 4.52 Å². The molecule has 20 heavy (non-hydrogen) atoms. The number of aromatic nitrogens is 4. The van der Waals surface area contributed by atoms with Crippen molar-refractivity contribution in [2.75, 3.05) is 0 Å². The van der Waals surface area contributed by atoms with Gasteiger partial charge in [-0.2, -0.15) is 4.98 Å². The van der Waals surface area contributed by atoms with Crippen LogP contribution in [0.1, 0.15) is 29.7 Å². The Kier molecular flexibility index (Phi) is 2.55. The Labute approximate surface area is 115 Å². The van der Waals surface area contributed by atoms with Gasteiger partial charge in [-0.15, -0.1) is 0 Å². The number of hydrogen-bond donors (Lipinski definition) is 0. The first-order chi connectivity index (χ1) is 9.92. The molecule has 0 bridgehead atoms. The summed E-state index contributed by atoms with van der Waals surface area (Å²) in [6, 6.07) is 9.70. The first kappa shape index (κ1) is 11.3. The quantitative estimate of drug-likeness (QED) is 0.727. The minimum absolute atomic E-state index is 0.309. The molecule has 0 radical (unpaired) electrons. The van der Waals surface area contributed by atoms with Gasteiger partial charge in [0, 0.05) is 24.5 Å². The summed E-state index contributed by atoms with van der Waals surface area (Å²) in [5.74, 6) is 2.00. The summed E-state index contributed by atoms with van der Waals surface area (Å²) in [6.07, 6.45) is 6.45. The molecular formula is C15H12N4O. The van der Waals surface area contributed by atoms with Gasteiger partial charge >= 0.3 is 0 Å². The highest BCUT2D eigenvalue weighted by Gasteiger charge is 2.43. The molecule has 0 aromatic carbocycles. The largest absolute Gasteiger partial charge is 0.339 e. The van der Waals surface area contributed by atoms with Crippen molar-refractivity contribution in [2.45, 2.75) is 18.3 Å². The van der Waals surface area contributed by atoms with Gasteiger partial charge in [0.05, 0.1) is 0 Å². The molecule has 2 atom stereocenters. The molecule has 2 unspecified atom stereocenters. The molecule has 0 amide bonds. The van der Waals surface area contributed by atoms with Crippen LogP contribution < -0.4 is 0 Å². The van der Waals surface area contributed by atoms with E-state index in [1.165, 1.54) is 5.56 Å². The van der Waals surface area contributed by atoms with Crippen molar-refractivity contribution in [1.82, 2.24) is 20.1 Å². The van der Waals surface area contributed by atoms with Gasteiger partial charge in [0.25, 0.3) is 0 Å². The third kappa shape index (κ3) is 1.97. The predicted octanol–water partition coefficient (Wildman–Crippen LogP) is 2.80. The Morgan fingerprint density at radius 1 is 1.05 bits per heavy atom. The van der Waals surface area contributed by atoms with Crippen molar-refractivity contribution in [3.8, 4) is 11.5 Å². The van der Waals surface area contributed by atoms with Gasteiger partial charge in [-0.1, -0.05) is 17.3 Å². The fourth-order valence-corrected chi connectivity index (χ4v) is 2.42. The third-order valence-corrected chi connectivity index (χ3v) is 3.56. The van der Waals surface area contributed by atoms with Crippen molar-refractivity contribution in [2.24, 2.45) is 0 Å². The first-order valence-electron chi connectivity index (χ1n) is 6.57. The minimum Gasteiger partial charge on any atom is -0.339 e. The molecule has 0 aliphatic heterocycles. The van der Waals surface area contributed by atoms with Crippen LogP contribution in [-0.4, -0.2) is 20.1 Å². The molecule has 5 heteroatoms. The molecule has 0 N–H and O–H groups in total. The average Bonchev–Trinajstić information content (AvgIpc) is 3.18. The summed E-state index contributed by atoms with van der Waals surface area (Å²) in [7, 11) is 0. The van der Waals surface area contributed by atoms with E-state index in [2.05, 4.69) is 26.2 Å². The highest BCUT2D eigenvalue weighted by Crippen LogP contribution is 2.53. The van der Waals surface area contributed by atoms with Crippen molar-refractivity contribution in [3.63, 3.8) is 0 Å². The lowest BCUT2D eigenvalue weighted by molar-refractivity contribution is 0.378. The van der Waals surface area contributed by atoms with Crippen LogP contribution in [0.15, 0.2) is 53.4 Å². The van der Waals surface area contributed by atoms with E-state index in [1.807, 2.05) is 30.5 Å². The second kappa shape index (κ2) is 4.52. The Morgan fingerprint density at radius 3 is 2.85 bits per heavy atom. The molecule has 4 rings (SSSR count). The fourth-order valence-electron chi connectivity index (χ4n) is 2.42. The molecule has 3 heterocycles. The van der Waals surface area contributed by atoms with Crippen LogP contribution in [-0.2, 0) is 0 Å². The van der Waals surface area contributed by atoms with Gasteiger partial charge in [-0.3, -0.25) is 9.97 Å². The van der Waals surface area contributed by atoms with Gasteiger partial charge in [0.15, 0.2) is 0 Å². The normalized spacial score (nSPS) is 20.8. The lowest BCUT2D eigenvalue weighted by Gasteiger charge is -1.95. The monoisotopic (exact) mass is 264 g/mol. The Hall–Kier alpha value is -2.56. The van der Waals surface area contributed by atoms with E-state index < -0.39 is 0 Å². The van der Waals surface area contributed by atoms with Gasteiger partial charge in [-0.25, -0.2) is 0 Å². The molecule has 1 aliphatic carbocycles. The van der Waals surface area contributed by atoms with Crippen molar-refractivity contribution >= 4 is 0 Å². The number of pyridine rings is 2. The molecule has 0 saturated heterocycles. The average molecular weight is 264 g/mol. The SMILES string of the molecule is c1ccc(-c2noc(C3CC3c3cccnc3)n2)nc1. The minimum atomic E-state index is 0.309. The van der Waals surface area contributed by atoms with E-state index in [9.17, 15) is 0 Å². The van der Waals surface area contributed by atoms with E-state index in [0.29, 0.717) is 23.6 Å². The summed E-state index contributed by atoms with van der Waals surface area (Å²) in [6.45, 7) is 0. The lowest BCUT2D eigenvalue weighted by Crippen LogP contribution is -1.87. The van der Waals surface area contributed by atoms with E-state index in [1.54, 1.807) is 12.4 Å². The zero-order chi connectivity index (χ0) is 13.4. The second-order valence-corrected chi connectivity index (χ2v) is 4.91. The molecular weight excluding hydrogens is 252 g/mol. The zero-order valence-corrected chi connectivity index (χ0v) is 10.7. The molecule has 3 aromatic rings. The summed E-state index contributed by atoms with van der Waals surface area (Å²) in [5.41, 5.74) is 1.97. The Bertz CT molecular complexity index is 711. The van der Waals surface area contributed by atoms with Crippen LogP contribution >= 0.6 is 0 Å². The van der Waals surface area contributed by atoms with E-state index in [4.69, 9.17) is 4.52 Å². The highest BCUT2D eigenvalue weighted by molar-refractivity contribution is 5.47. The van der Waals surface area contributed by atoms with Gasteiger partial charge in [0.2, 0.25) is 11.7 Å². The van der Waals surface area contributed by atoms with Gasteiger partial charge in [0.1, 0.15) is 5.69 Å². The maximum absolute atomic E-state index is 5.37.